The fourth-order valence-corrected chi connectivity index (χ4v) is 3.62. The van der Waals surface area contributed by atoms with Gasteiger partial charge in [-0.15, -0.1) is 0 Å². The minimum Gasteiger partial charge on any atom is -0.457 e. The van der Waals surface area contributed by atoms with E-state index < -0.39 is 5.25 Å². The zero-order chi connectivity index (χ0) is 18.6. The summed E-state index contributed by atoms with van der Waals surface area (Å²) in [7, 11) is 0. The zero-order valence-electron chi connectivity index (χ0n) is 14.6. The lowest BCUT2D eigenvalue weighted by Crippen LogP contribution is -2.28. The molecule has 2 fully saturated rings. The Balaban J connectivity index is 1.29. The average molecular weight is 381 g/mol. The third-order valence-corrected chi connectivity index (χ3v) is 5.21. The number of nitrogens with one attached hydrogen (secondary N) is 2. The summed E-state index contributed by atoms with van der Waals surface area (Å²) in [5.74, 6) is 1.08. The first-order chi connectivity index (χ1) is 13.2. The summed E-state index contributed by atoms with van der Waals surface area (Å²) in [6.45, 7) is 0. The number of nitrogens with zero attached hydrogens (tertiary/aromatic N) is 1. The Bertz CT molecular complexity index is 864. The Hall–Kier alpha value is -2.80. The molecule has 2 aromatic carbocycles. The molecule has 1 aliphatic carbocycles. The highest BCUT2D eigenvalue weighted by atomic mass is 32.2. The summed E-state index contributed by atoms with van der Waals surface area (Å²) in [6.07, 6.45) is 2.27. The fraction of sp³-hybridized carbons (Fsp3) is 0.250. The molecule has 1 aliphatic heterocycles. The van der Waals surface area contributed by atoms with Crippen LogP contribution in [0.2, 0.25) is 0 Å². The highest BCUT2D eigenvalue weighted by Gasteiger charge is 2.33. The highest BCUT2D eigenvalue weighted by Crippen LogP contribution is 2.29. The molecule has 0 radical (unpaired) electrons. The number of rotatable bonds is 6. The van der Waals surface area contributed by atoms with Crippen molar-refractivity contribution in [2.24, 2.45) is 4.99 Å². The second-order valence-corrected chi connectivity index (χ2v) is 7.64. The van der Waals surface area contributed by atoms with Gasteiger partial charge < -0.3 is 15.4 Å². The second-order valence-electron chi connectivity index (χ2n) is 6.45. The molecule has 7 heteroatoms. The standard InChI is InChI=1S/C20H19N3O3S/c24-18(12-17-19(25)23-20(27-17)22-14-6-7-14)21-13-8-10-16(11-9-13)26-15-4-2-1-3-5-15/h1-5,8-11,14,17H,6-7,12H2,(H,21,24)(H,22,23,25). The van der Waals surface area contributed by atoms with Crippen molar-refractivity contribution in [3.05, 3.63) is 54.6 Å². The molecule has 2 aromatic rings. The minimum atomic E-state index is -0.428. The van der Waals surface area contributed by atoms with Gasteiger partial charge in [-0.05, 0) is 49.2 Å². The van der Waals surface area contributed by atoms with E-state index in [1.165, 1.54) is 11.8 Å². The van der Waals surface area contributed by atoms with Crippen LogP contribution in [0, 0.1) is 0 Å². The van der Waals surface area contributed by atoms with E-state index in [0.717, 1.165) is 18.6 Å². The Morgan fingerprint density at radius 2 is 1.81 bits per heavy atom. The summed E-state index contributed by atoms with van der Waals surface area (Å²) in [5.41, 5.74) is 0.663. The molecule has 2 amide bonds. The van der Waals surface area contributed by atoms with E-state index in [1.54, 1.807) is 24.3 Å². The average Bonchev–Trinajstić information content (AvgIpc) is 3.41. The van der Waals surface area contributed by atoms with Gasteiger partial charge in [0, 0.05) is 12.1 Å². The first-order valence-electron chi connectivity index (χ1n) is 8.84. The zero-order valence-corrected chi connectivity index (χ0v) is 15.4. The van der Waals surface area contributed by atoms with Crippen molar-refractivity contribution in [2.45, 2.75) is 30.6 Å². The normalized spacial score (nSPS) is 20.4. The SMILES string of the molecule is O=C(CC1SC(=NC2CC2)NC1=O)Nc1ccc(Oc2ccccc2)cc1. The van der Waals surface area contributed by atoms with Gasteiger partial charge in [-0.3, -0.25) is 14.6 Å². The number of benzene rings is 2. The number of para-hydroxylation sites is 1. The summed E-state index contributed by atoms with van der Waals surface area (Å²) >= 11 is 1.34. The maximum Gasteiger partial charge on any atom is 0.240 e. The minimum absolute atomic E-state index is 0.114. The van der Waals surface area contributed by atoms with Crippen molar-refractivity contribution >= 4 is 34.4 Å². The molecule has 1 atom stereocenters. The van der Waals surface area contributed by atoms with Gasteiger partial charge in [-0.1, -0.05) is 30.0 Å². The van der Waals surface area contributed by atoms with Gasteiger partial charge in [0.05, 0.1) is 6.04 Å². The van der Waals surface area contributed by atoms with Crippen LogP contribution in [0.4, 0.5) is 5.69 Å². The Kier molecular flexibility index (Phi) is 5.11. The van der Waals surface area contributed by atoms with E-state index >= 15 is 0 Å². The first kappa shape index (κ1) is 17.6. The molecule has 1 saturated carbocycles. The van der Waals surface area contributed by atoms with Crippen LogP contribution in [-0.4, -0.2) is 28.3 Å². The van der Waals surface area contributed by atoms with E-state index in [0.29, 0.717) is 22.6 Å². The van der Waals surface area contributed by atoms with E-state index in [-0.39, 0.29) is 18.2 Å². The van der Waals surface area contributed by atoms with Gasteiger partial charge in [0.25, 0.3) is 0 Å². The van der Waals surface area contributed by atoms with Crippen molar-refractivity contribution in [2.75, 3.05) is 5.32 Å². The predicted molar refractivity (Wildman–Crippen MR) is 106 cm³/mol. The second kappa shape index (κ2) is 7.84. The maximum atomic E-state index is 12.3. The maximum absolute atomic E-state index is 12.3. The molecule has 0 aromatic heterocycles. The lowest BCUT2D eigenvalue weighted by atomic mass is 10.2. The summed E-state index contributed by atoms with van der Waals surface area (Å²) in [5, 5.41) is 5.79. The first-order valence-corrected chi connectivity index (χ1v) is 9.72. The number of carbonyl (C=O) groups is 2. The smallest absolute Gasteiger partial charge is 0.240 e. The molecule has 1 unspecified atom stereocenters. The van der Waals surface area contributed by atoms with E-state index in [1.807, 2.05) is 30.3 Å². The topological polar surface area (TPSA) is 79.8 Å². The molecular formula is C20H19N3O3S. The van der Waals surface area contributed by atoms with E-state index in [2.05, 4.69) is 15.6 Å². The van der Waals surface area contributed by atoms with E-state index in [4.69, 9.17) is 4.74 Å². The molecule has 27 heavy (non-hydrogen) atoms. The van der Waals surface area contributed by atoms with Crippen LogP contribution in [0.5, 0.6) is 11.5 Å². The number of hydrogen-bond donors (Lipinski definition) is 2. The molecule has 0 bridgehead atoms. The number of amidine groups is 1. The predicted octanol–water partition coefficient (Wildman–Crippen LogP) is 3.56. The lowest BCUT2D eigenvalue weighted by Gasteiger charge is -2.09. The quantitative estimate of drug-likeness (QED) is 0.802. The van der Waals surface area contributed by atoms with Crippen LogP contribution in [0.25, 0.3) is 0 Å². The molecule has 1 saturated heterocycles. The van der Waals surface area contributed by atoms with Crippen molar-refractivity contribution in [3.8, 4) is 11.5 Å². The molecule has 2 N–H and O–H groups in total. The number of thioether (sulfide) groups is 1. The van der Waals surface area contributed by atoms with Crippen LogP contribution >= 0.6 is 11.8 Å². The Morgan fingerprint density at radius 3 is 2.52 bits per heavy atom. The van der Waals surface area contributed by atoms with Crippen molar-refractivity contribution in [1.82, 2.24) is 5.32 Å². The van der Waals surface area contributed by atoms with Gasteiger partial charge in [-0.2, -0.15) is 0 Å². The van der Waals surface area contributed by atoms with Crippen LogP contribution < -0.4 is 15.4 Å². The van der Waals surface area contributed by atoms with Gasteiger partial charge in [0.15, 0.2) is 5.17 Å². The summed E-state index contributed by atoms with van der Waals surface area (Å²) in [6, 6.07) is 17.0. The van der Waals surface area contributed by atoms with Crippen molar-refractivity contribution in [3.63, 3.8) is 0 Å². The Labute approximate surface area is 161 Å². The number of aliphatic imine (C=N–C) groups is 1. The van der Waals surface area contributed by atoms with Gasteiger partial charge in [0.1, 0.15) is 16.7 Å². The van der Waals surface area contributed by atoms with Crippen LogP contribution in [0.3, 0.4) is 0 Å². The number of hydrogen-bond acceptors (Lipinski definition) is 5. The van der Waals surface area contributed by atoms with Gasteiger partial charge in [-0.25, -0.2) is 0 Å². The Morgan fingerprint density at radius 1 is 1.11 bits per heavy atom. The molecule has 138 valence electrons. The number of carbonyl (C=O) groups excluding carboxylic acids is 2. The molecule has 6 nitrogen and oxygen atoms in total. The molecule has 1 heterocycles. The van der Waals surface area contributed by atoms with Crippen molar-refractivity contribution in [1.29, 1.82) is 0 Å². The number of ether oxygens (including phenoxy) is 1. The number of anilines is 1. The lowest BCUT2D eigenvalue weighted by molar-refractivity contribution is -0.122. The highest BCUT2D eigenvalue weighted by molar-refractivity contribution is 8.15. The summed E-state index contributed by atoms with van der Waals surface area (Å²) < 4.78 is 5.73. The summed E-state index contributed by atoms with van der Waals surface area (Å²) in [4.78, 5) is 28.7. The van der Waals surface area contributed by atoms with E-state index in [9.17, 15) is 9.59 Å². The van der Waals surface area contributed by atoms with Crippen LogP contribution in [0.15, 0.2) is 59.6 Å². The van der Waals surface area contributed by atoms with Gasteiger partial charge in [0.2, 0.25) is 11.8 Å². The van der Waals surface area contributed by atoms with Crippen molar-refractivity contribution < 1.29 is 14.3 Å². The largest absolute Gasteiger partial charge is 0.457 e. The fourth-order valence-electron chi connectivity index (χ4n) is 2.58. The third-order valence-electron chi connectivity index (χ3n) is 4.11. The molecule has 4 rings (SSSR count). The monoisotopic (exact) mass is 381 g/mol. The van der Waals surface area contributed by atoms with Gasteiger partial charge >= 0.3 is 0 Å². The van der Waals surface area contributed by atoms with Crippen LogP contribution in [0.1, 0.15) is 19.3 Å². The number of amides is 2. The third kappa shape index (κ3) is 4.89. The molecular weight excluding hydrogens is 362 g/mol. The van der Waals surface area contributed by atoms with Crippen LogP contribution in [-0.2, 0) is 9.59 Å². The molecule has 2 aliphatic rings. The molecule has 0 spiro atoms.